The lowest BCUT2D eigenvalue weighted by molar-refractivity contribution is 0.888. The Bertz CT molecular complexity index is 1740. The Kier molecular flexibility index (Phi) is 4.13. The number of benzene rings is 4. The average molecular weight is 439 g/mol. The second-order valence-corrected chi connectivity index (χ2v) is 9.51. The average Bonchev–Trinajstić information content (AvgIpc) is 3.38. The van der Waals surface area contributed by atoms with Gasteiger partial charge in [0.25, 0.3) is 0 Å². The minimum atomic E-state index is 1.06. The zero-order valence-electron chi connectivity index (χ0n) is 19.5. The number of rotatable bonds is 2. The predicted octanol–water partition coefficient (Wildman–Crippen LogP) is 8.30. The van der Waals surface area contributed by atoms with Gasteiger partial charge in [0.15, 0.2) is 0 Å². The first-order chi connectivity index (χ1) is 16.7. The van der Waals surface area contributed by atoms with E-state index in [4.69, 9.17) is 0 Å². The quantitative estimate of drug-likeness (QED) is 0.257. The third-order valence-corrected chi connectivity index (χ3v) is 7.32. The van der Waals surface area contributed by atoms with Gasteiger partial charge in [-0.1, -0.05) is 65.7 Å². The SMILES string of the molecule is Cc1ccc(-n2c3c(c4c5c6ccccc6n(-c6ccc(C)cc6)c5ccc42)C=CCC3)cc1. The fraction of sp³-hybridized carbons (Fsp3) is 0.125. The highest BCUT2D eigenvalue weighted by molar-refractivity contribution is 6.23. The number of para-hydroxylation sites is 1. The molecule has 2 heteroatoms. The summed E-state index contributed by atoms with van der Waals surface area (Å²) in [5, 5.41) is 4.03. The van der Waals surface area contributed by atoms with Crippen molar-refractivity contribution in [3.8, 4) is 11.4 Å². The van der Waals surface area contributed by atoms with Crippen LogP contribution in [0.2, 0.25) is 0 Å². The number of fused-ring (bicyclic) bond motifs is 7. The topological polar surface area (TPSA) is 9.86 Å². The molecule has 0 N–H and O–H groups in total. The molecule has 6 aromatic rings. The standard InChI is InChI=1S/C32H26N2/c1-21-11-15-23(16-12-21)33-27-9-5-3-7-25(27)31-29(33)19-20-30-32(31)26-8-4-6-10-28(26)34(30)24-17-13-22(2)14-18-24/h3-5,7-9,11-20H,6,10H2,1-2H3. The molecule has 164 valence electrons. The maximum atomic E-state index is 2.49. The van der Waals surface area contributed by atoms with E-state index in [0.29, 0.717) is 0 Å². The maximum Gasteiger partial charge on any atom is 0.0548 e. The summed E-state index contributed by atoms with van der Waals surface area (Å²) >= 11 is 0. The van der Waals surface area contributed by atoms with Crippen LogP contribution in [0.4, 0.5) is 0 Å². The van der Waals surface area contributed by atoms with Gasteiger partial charge in [-0.2, -0.15) is 0 Å². The van der Waals surface area contributed by atoms with Crippen molar-refractivity contribution in [3.63, 3.8) is 0 Å². The molecule has 0 amide bonds. The fourth-order valence-electron chi connectivity index (χ4n) is 5.73. The molecule has 1 aliphatic carbocycles. The van der Waals surface area contributed by atoms with E-state index in [0.717, 1.165) is 12.8 Å². The number of hydrogen-bond acceptors (Lipinski definition) is 0. The molecule has 2 heterocycles. The van der Waals surface area contributed by atoms with Gasteiger partial charge in [0, 0.05) is 38.8 Å². The van der Waals surface area contributed by atoms with Gasteiger partial charge in [0.05, 0.1) is 16.6 Å². The summed E-state index contributed by atoms with van der Waals surface area (Å²) in [5.74, 6) is 0. The summed E-state index contributed by atoms with van der Waals surface area (Å²) in [4.78, 5) is 0. The van der Waals surface area contributed by atoms with Crippen molar-refractivity contribution in [3.05, 3.63) is 113 Å². The van der Waals surface area contributed by atoms with Crippen molar-refractivity contribution in [2.24, 2.45) is 0 Å². The van der Waals surface area contributed by atoms with Crippen molar-refractivity contribution in [1.82, 2.24) is 9.13 Å². The van der Waals surface area contributed by atoms with Crippen molar-refractivity contribution in [2.75, 3.05) is 0 Å². The first-order valence-corrected chi connectivity index (χ1v) is 12.1. The Morgan fingerprint density at radius 2 is 1.21 bits per heavy atom. The first-order valence-electron chi connectivity index (χ1n) is 12.1. The highest BCUT2D eigenvalue weighted by atomic mass is 15.0. The highest BCUT2D eigenvalue weighted by Gasteiger charge is 2.23. The number of nitrogens with zero attached hydrogens (tertiary/aromatic N) is 2. The largest absolute Gasteiger partial charge is 0.313 e. The number of hydrogen-bond donors (Lipinski definition) is 0. The molecule has 34 heavy (non-hydrogen) atoms. The second-order valence-electron chi connectivity index (χ2n) is 9.51. The van der Waals surface area contributed by atoms with Crippen LogP contribution in [0.15, 0.2) is 91.0 Å². The van der Waals surface area contributed by atoms with Crippen LogP contribution in [0, 0.1) is 13.8 Å². The summed E-state index contributed by atoms with van der Waals surface area (Å²) in [6, 6.07) is 31.3. The Hall–Kier alpha value is -4.04. The van der Waals surface area contributed by atoms with E-state index in [9.17, 15) is 0 Å². The number of aryl methyl sites for hydroxylation is 2. The van der Waals surface area contributed by atoms with E-state index in [2.05, 4.69) is 120 Å². The molecule has 2 aromatic heterocycles. The fourth-order valence-corrected chi connectivity index (χ4v) is 5.73. The van der Waals surface area contributed by atoms with Crippen LogP contribution in [0.3, 0.4) is 0 Å². The van der Waals surface area contributed by atoms with Gasteiger partial charge in [0.1, 0.15) is 0 Å². The van der Waals surface area contributed by atoms with Crippen LogP contribution >= 0.6 is 0 Å². The normalized spacial score (nSPS) is 13.2. The van der Waals surface area contributed by atoms with Crippen LogP contribution in [0.5, 0.6) is 0 Å². The molecule has 0 fully saturated rings. The minimum absolute atomic E-state index is 1.06. The number of aromatic nitrogens is 2. The molecule has 7 rings (SSSR count). The maximum absolute atomic E-state index is 2.49. The van der Waals surface area contributed by atoms with Crippen LogP contribution in [0.25, 0.3) is 50.2 Å². The lowest BCUT2D eigenvalue weighted by Gasteiger charge is -2.13. The van der Waals surface area contributed by atoms with Crippen LogP contribution < -0.4 is 0 Å². The highest BCUT2D eigenvalue weighted by Crippen LogP contribution is 2.42. The lowest BCUT2D eigenvalue weighted by Crippen LogP contribution is -2.02. The molecule has 0 unspecified atom stereocenters. The summed E-state index contributed by atoms with van der Waals surface area (Å²) in [6.07, 6.45) is 6.83. The van der Waals surface area contributed by atoms with Crippen molar-refractivity contribution in [2.45, 2.75) is 26.7 Å². The van der Waals surface area contributed by atoms with E-state index in [1.54, 1.807) is 0 Å². The van der Waals surface area contributed by atoms with Crippen molar-refractivity contribution < 1.29 is 0 Å². The van der Waals surface area contributed by atoms with Crippen LogP contribution in [-0.4, -0.2) is 9.13 Å². The van der Waals surface area contributed by atoms with Gasteiger partial charge in [0.2, 0.25) is 0 Å². The molecule has 4 aromatic carbocycles. The van der Waals surface area contributed by atoms with E-state index in [-0.39, 0.29) is 0 Å². The van der Waals surface area contributed by atoms with E-state index < -0.39 is 0 Å². The molecule has 0 atom stereocenters. The monoisotopic (exact) mass is 438 g/mol. The van der Waals surface area contributed by atoms with Gasteiger partial charge >= 0.3 is 0 Å². The van der Waals surface area contributed by atoms with Gasteiger partial charge in [-0.25, -0.2) is 0 Å². The molecular formula is C32H26N2. The van der Waals surface area contributed by atoms with Gasteiger partial charge < -0.3 is 9.13 Å². The Morgan fingerprint density at radius 1 is 0.588 bits per heavy atom. The Morgan fingerprint density at radius 3 is 1.91 bits per heavy atom. The smallest absolute Gasteiger partial charge is 0.0548 e. The molecule has 2 nitrogen and oxygen atoms in total. The van der Waals surface area contributed by atoms with Gasteiger partial charge in [-0.05, 0) is 69.2 Å². The third-order valence-electron chi connectivity index (χ3n) is 7.32. The number of allylic oxidation sites excluding steroid dienone is 1. The summed E-state index contributed by atoms with van der Waals surface area (Å²) in [5.41, 5.74) is 11.6. The summed E-state index contributed by atoms with van der Waals surface area (Å²) in [7, 11) is 0. The zero-order valence-corrected chi connectivity index (χ0v) is 19.5. The van der Waals surface area contributed by atoms with Crippen molar-refractivity contribution >= 4 is 38.8 Å². The Labute approximate surface area is 199 Å². The summed E-state index contributed by atoms with van der Waals surface area (Å²) in [6.45, 7) is 4.30. The van der Waals surface area contributed by atoms with E-state index in [1.807, 2.05) is 0 Å². The molecule has 0 saturated heterocycles. The molecular weight excluding hydrogens is 412 g/mol. The zero-order chi connectivity index (χ0) is 22.8. The molecule has 0 bridgehead atoms. The Balaban J connectivity index is 1.66. The molecule has 0 spiro atoms. The van der Waals surface area contributed by atoms with Gasteiger partial charge in [-0.3, -0.25) is 0 Å². The second kappa shape index (κ2) is 7.23. The summed E-state index contributed by atoms with van der Waals surface area (Å²) < 4.78 is 4.91. The van der Waals surface area contributed by atoms with E-state index in [1.165, 1.54) is 66.5 Å². The first kappa shape index (κ1) is 19.4. The molecule has 0 radical (unpaired) electrons. The molecule has 0 aliphatic heterocycles. The van der Waals surface area contributed by atoms with E-state index >= 15 is 0 Å². The third kappa shape index (κ3) is 2.69. The molecule has 1 aliphatic rings. The lowest BCUT2D eigenvalue weighted by atomic mass is 9.99. The predicted molar refractivity (Wildman–Crippen MR) is 144 cm³/mol. The van der Waals surface area contributed by atoms with Crippen LogP contribution in [0.1, 0.15) is 28.8 Å². The molecule has 0 saturated carbocycles. The van der Waals surface area contributed by atoms with Crippen molar-refractivity contribution in [1.29, 1.82) is 0 Å². The van der Waals surface area contributed by atoms with Gasteiger partial charge in [-0.15, -0.1) is 0 Å². The van der Waals surface area contributed by atoms with Crippen LogP contribution in [-0.2, 0) is 6.42 Å². The minimum Gasteiger partial charge on any atom is -0.313 e.